The maximum Gasteiger partial charge on any atom is 0.271 e. The standard InChI is InChI=1S/C14H11Cl2N5O/c1-6-11(8-3-4-9(15)10(16)5-8)14-19-18-12(13(17)22)7(2)21(14)20-6/h3-5H,1-2H3,(H2,17,22). The van der Waals surface area contributed by atoms with Crippen LogP contribution in [0.5, 0.6) is 0 Å². The fourth-order valence-corrected chi connectivity index (χ4v) is 2.63. The predicted molar refractivity (Wildman–Crippen MR) is 84.2 cm³/mol. The van der Waals surface area contributed by atoms with E-state index >= 15 is 0 Å². The molecule has 2 N–H and O–H groups in total. The molecule has 0 spiro atoms. The number of benzene rings is 1. The number of primary amides is 1. The van der Waals surface area contributed by atoms with Crippen LogP contribution in [0.15, 0.2) is 18.2 Å². The molecule has 2 heterocycles. The van der Waals surface area contributed by atoms with Crippen molar-refractivity contribution in [2.45, 2.75) is 13.8 Å². The zero-order valence-corrected chi connectivity index (χ0v) is 13.3. The fraction of sp³-hybridized carbons (Fsp3) is 0.143. The average Bonchev–Trinajstić information content (AvgIpc) is 2.79. The molecule has 0 saturated heterocycles. The number of nitrogens with zero attached hydrogens (tertiary/aromatic N) is 4. The molecular weight excluding hydrogens is 325 g/mol. The second-order valence-corrected chi connectivity index (χ2v) is 5.64. The number of rotatable bonds is 2. The van der Waals surface area contributed by atoms with Crippen molar-refractivity contribution < 1.29 is 4.79 Å². The van der Waals surface area contributed by atoms with Crippen molar-refractivity contribution in [1.82, 2.24) is 19.8 Å². The van der Waals surface area contributed by atoms with E-state index in [9.17, 15) is 4.79 Å². The zero-order valence-electron chi connectivity index (χ0n) is 11.8. The van der Waals surface area contributed by atoms with E-state index in [4.69, 9.17) is 28.9 Å². The average molecular weight is 336 g/mol. The summed E-state index contributed by atoms with van der Waals surface area (Å²) in [6.07, 6.45) is 0. The van der Waals surface area contributed by atoms with E-state index in [0.29, 0.717) is 21.4 Å². The molecule has 0 unspecified atom stereocenters. The highest BCUT2D eigenvalue weighted by atomic mass is 35.5. The summed E-state index contributed by atoms with van der Waals surface area (Å²) in [6, 6.07) is 5.28. The van der Waals surface area contributed by atoms with Gasteiger partial charge in [0.15, 0.2) is 11.3 Å². The summed E-state index contributed by atoms with van der Waals surface area (Å²) in [4.78, 5) is 11.4. The van der Waals surface area contributed by atoms with Crippen LogP contribution in [0.1, 0.15) is 21.9 Å². The van der Waals surface area contributed by atoms with Gasteiger partial charge in [-0.3, -0.25) is 4.79 Å². The van der Waals surface area contributed by atoms with Crippen LogP contribution in [0.4, 0.5) is 0 Å². The number of aryl methyl sites for hydroxylation is 2. The van der Waals surface area contributed by atoms with Gasteiger partial charge in [0.1, 0.15) is 0 Å². The van der Waals surface area contributed by atoms with Gasteiger partial charge in [-0.2, -0.15) is 5.10 Å². The van der Waals surface area contributed by atoms with E-state index in [-0.39, 0.29) is 5.69 Å². The van der Waals surface area contributed by atoms with Gasteiger partial charge in [-0.1, -0.05) is 29.3 Å². The van der Waals surface area contributed by atoms with Gasteiger partial charge in [-0.25, -0.2) is 4.52 Å². The Balaban J connectivity index is 2.31. The number of hydrogen-bond acceptors (Lipinski definition) is 4. The van der Waals surface area contributed by atoms with E-state index in [0.717, 1.165) is 16.8 Å². The summed E-state index contributed by atoms with van der Waals surface area (Å²) in [5, 5.41) is 13.3. The Kier molecular flexibility index (Phi) is 3.50. The van der Waals surface area contributed by atoms with Gasteiger partial charge < -0.3 is 5.73 Å². The van der Waals surface area contributed by atoms with E-state index in [2.05, 4.69) is 15.3 Å². The number of hydrogen-bond donors (Lipinski definition) is 1. The third-order valence-corrected chi connectivity index (χ3v) is 4.12. The van der Waals surface area contributed by atoms with Gasteiger partial charge in [0, 0.05) is 0 Å². The molecule has 0 aliphatic carbocycles. The van der Waals surface area contributed by atoms with E-state index < -0.39 is 5.91 Å². The van der Waals surface area contributed by atoms with Crippen molar-refractivity contribution in [1.29, 1.82) is 0 Å². The summed E-state index contributed by atoms with van der Waals surface area (Å²) in [7, 11) is 0. The molecular formula is C14H11Cl2N5O. The number of carbonyl (C=O) groups excluding carboxylic acids is 1. The Hall–Kier alpha value is -2.18. The summed E-state index contributed by atoms with van der Waals surface area (Å²) >= 11 is 12.0. The molecule has 0 radical (unpaired) electrons. The van der Waals surface area contributed by atoms with Crippen LogP contribution in [-0.2, 0) is 0 Å². The molecule has 3 aromatic rings. The highest BCUT2D eigenvalue weighted by Gasteiger charge is 2.19. The topological polar surface area (TPSA) is 86.2 Å². The number of amides is 1. The minimum atomic E-state index is -0.642. The molecule has 0 saturated carbocycles. The molecule has 112 valence electrons. The Morgan fingerprint density at radius 3 is 2.55 bits per heavy atom. The number of carbonyl (C=O) groups is 1. The predicted octanol–water partition coefficient (Wildman–Crippen LogP) is 2.81. The lowest BCUT2D eigenvalue weighted by Gasteiger charge is -2.04. The molecule has 6 nitrogen and oxygen atoms in total. The molecule has 0 bridgehead atoms. The fourth-order valence-electron chi connectivity index (χ4n) is 2.33. The van der Waals surface area contributed by atoms with Crippen molar-refractivity contribution >= 4 is 34.8 Å². The third-order valence-electron chi connectivity index (χ3n) is 3.38. The van der Waals surface area contributed by atoms with Crippen LogP contribution in [-0.4, -0.2) is 25.7 Å². The largest absolute Gasteiger partial charge is 0.364 e. The van der Waals surface area contributed by atoms with E-state index in [1.807, 2.05) is 13.0 Å². The molecule has 0 fully saturated rings. The van der Waals surface area contributed by atoms with Crippen LogP contribution in [0.2, 0.25) is 10.0 Å². The molecule has 22 heavy (non-hydrogen) atoms. The first kappa shape index (κ1) is 14.7. The smallest absolute Gasteiger partial charge is 0.271 e. The molecule has 0 atom stereocenters. The Morgan fingerprint density at radius 1 is 1.18 bits per heavy atom. The molecule has 0 aliphatic rings. The lowest BCUT2D eigenvalue weighted by molar-refractivity contribution is 0.0993. The SMILES string of the molecule is Cc1nn2c(C)c(C(N)=O)nnc2c1-c1ccc(Cl)c(Cl)c1. The Labute approximate surface area is 135 Å². The molecule has 1 amide bonds. The summed E-state index contributed by atoms with van der Waals surface area (Å²) in [5.74, 6) is -0.642. The van der Waals surface area contributed by atoms with Gasteiger partial charge in [0.05, 0.1) is 27.0 Å². The first-order valence-corrected chi connectivity index (χ1v) is 7.13. The van der Waals surface area contributed by atoms with Crippen molar-refractivity contribution in [2.75, 3.05) is 0 Å². The van der Waals surface area contributed by atoms with Gasteiger partial charge in [0.2, 0.25) is 0 Å². The van der Waals surface area contributed by atoms with Crippen molar-refractivity contribution in [3.05, 3.63) is 45.3 Å². The number of fused-ring (bicyclic) bond motifs is 1. The monoisotopic (exact) mass is 335 g/mol. The minimum absolute atomic E-state index is 0.0932. The summed E-state index contributed by atoms with van der Waals surface area (Å²) < 4.78 is 1.56. The summed E-state index contributed by atoms with van der Waals surface area (Å²) in [6.45, 7) is 3.56. The van der Waals surface area contributed by atoms with Gasteiger partial charge in [0.25, 0.3) is 5.91 Å². The molecule has 8 heteroatoms. The molecule has 3 rings (SSSR count). The van der Waals surface area contributed by atoms with Crippen LogP contribution < -0.4 is 5.73 Å². The normalized spacial score (nSPS) is 11.1. The lowest BCUT2D eigenvalue weighted by Crippen LogP contribution is -2.18. The quantitative estimate of drug-likeness (QED) is 0.780. The van der Waals surface area contributed by atoms with E-state index in [1.165, 1.54) is 0 Å². The van der Waals surface area contributed by atoms with Crippen molar-refractivity contribution in [2.24, 2.45) is 5.73 Å². The van der Waals surface area contributed by atoms with E-state index in [1.54, 1.807) is 23.6 Å². The van der Waals surface area contributed by atoms with Crippen molar-refractivity contribution in [3.8, 4) is 11.1 Å². The third kappa shape index (κ3) is 2.20. The molecule has 0 aliphatic heterocycles. The Morgan fingerprint density at radius 2 is 1.91 bits per heavy atom. The molecule has 1 aromatic carbocycles. The summed E-state index contributed by atoms with van der Waals surface area (Å²) in [5.41, 5.74) is 8.78. The molecule has 2 aromatic heterocycles. The number of aromatic nitrogens is 4. The van der Waals surface area contributed by atoms with Gasteiger partial charge in [-0.05, 0) is 31.5 Å². The van der Waals surface area contributed by atoms with Gasteiger partial charge in [-0.15, -0.1) is 10.2 Å². The second-order valence-electron chi connectivity index (χ2n) is 4.82. The van der Waals surface area contributed by atoms with Crippen LogP contribution in [0, 0.1) is 13.8 Å². The van der Waals surface area contributed by atoms with Gasteiger partial charge >= 0.3 is 0 Å². The highest BCUT2D eigenvalue weighted by molar-refractivity contribution is 6.42. The van der Waals surface area contributed by atoms with Crippen LogP contribution >= 0.6 is 23.2 Å². The maximum absolute atomic E-state index is 11.4. The number of nitrogens with two attached hydrogens (primary N) is 1. The van der Waals surface area contributed by atoms with Crippen LogP contribution in [0.3, 0.4) is 0 Å². The highest BCUT2D eigenvalue weighted by Crippen LogP contribution is 2.32. The lowest BCUT2D eigenvalue weighted by atomic mass is 10.1. The first-order valence-electron chi connectivity index (χ1n) is 6.38. The zero-order chi connectivity index (χ0) is 16.0. The maximum atomic E-state index is 11.4. The van der Waals surface area contributed by atoms with Crippen molar-refractivity contribution in [3.63, 3.8) is 0 Å². The first-order chi connectivity index (χ1) is 10.4. The number of halogens is 2. The second kappa shape index (κ2) is 5.23. The minimum Gasteiger partial charge on any atom is -0.364 e. The van der Waals surface area contributed by atoms with Crippen LogP contribution in [0.25, 0.3) is 16.8 Å². The Bertz CT molecular complexity index is 919.